The minimum Gasteiger partial charge on any atom is -0.374 e. The highest BCUT2D eigenvalue weighted by Gasteiger charge is 2.57. The molecule has 0 spiro atoms. The van der Waals surface area contributed by atoms with Gasteiger partial charge in [0.05, 0.1) is 26.4 Å². The number of rotatable bonds is 10. The third kappa shape index (κ3) is 5.09. The zero-order valence-electron chi connectivity index (χ0n) is 17.9. The van der Waals surface area contributed by atoms with Gasteiger partial charge >= 0.3 is 0 Å². The van der Waals surface area contributed by atoms with Crippen molar-refractivity contribution >= 4 is 0 Å². The summed E-state index contributed by atoms with van der Waals surface area (Å²) in [5.74, 6) is 0. The van der Waals surface area contributed by atoms with E-state index >= 15 is 0 Å². The molecule has 32 heavy (non-hydrogen) atoms. The Morgan fingerprint density at radius 3 is 1.62 bits per heavy atom. The van der Waals surface area contributed by atoms with E-state index in [1.54, 1.807) is 0 Å². The zero-order chi connectivity index (χ0) is 21.6. The van der Waals surface area contributed by atoms with E-state index in [4.69, 9.17) is 23.7 Å². The van der Waals surface area contributed by atoms with Gasteiger partial charge in [0, 0.05) is 0 Å². The molecule has 0 aromatic heterocycles. The SMILES string of the molecule is c1ccc(COC[C@H]2O[C@H]3O[C@@H]2[C@H](OCc2ccccc2)[C@H]3OCc2ccccc2)cc1. The lowest BCUT2D eigenvalue weighted by atomic mass is 10.0. The van der Waals surface area contributed by atoms with E-state index in [9.17, 15) is 0 Å². The standard InChI is InChI=1S/C27H28O5/c1-4-10-20(11-5-1)16-28-19-23-24-25(29-17-21-12-6-2-7-13-21)26(27(31-23)32-24)30-18-22-14-8-3-9-15-22/h1-15,23-27H,16-19H2/t23-,24+,25+,26-,27+/m1/s1. The van der Waals surface area contributed by atoms with E-state index in [2.05, 4.69) is 36.4 Å². The van der Waals surface area contributed by atoms with Gasteiger partial charge in [-0.25, -0.2) is 0 Å². The number of hydrogen-bond acceptors (Lipinski definition) is 5. The maximum absolute atomic E-state index is 6.33. The molecule has 2 bridgehead atoms. The van der Waals surface area contributed by atoms with Crippen LogP contribution in [0.4, 0.5) is 0 Å². The van der Waals surface area contributed by atoms with Gasteiger partial charge in [-0.15, -0.1) is 0 Å². The molecule has 5 heteroatoms. The van der Waals surface area contributed by atoms with Gasteiger partial charge in [0.25, 0.3) is 0 Å². The van der Waals surface area contributed by atoms with Crippen molar-refractivity contribution in [2.75, 3.05) is 6.61 Å². The first-order valence-corrected chi connectivity index (χ1v) is 11.1. The van der Waals surface area contributed by atoms with Gasteiger partial charge in [-0.3, -0.25) is 0 Å². The molecular formula is C27H28O5. The molecule has 5 atom stereocenters. The Bertz CT molecular complexity index is 948. The quantitative estimate of drug-likeness (QED) is 0.472. The van der Waals surface area contributed by atoms with E-state index < -0.39 is 6.29 Å². The highest BCUT2D eigenvalue weighted by atomic mass is 16.8. The van der Waals surface area contributed by atoms with Crippen molar-refractivity contribution in [3.63, 3.8) is 0 Å². The van der Waals surface area contributed by atoms with Gasteiger partial charge in [-0.05, 0) is 16.7 Å². The molecule has 0 N–H and O–H groups in total. The highest BCUT2D eigenvalue weighted by Crippen LogP contribution is 2.38. The predicted octanol–water partition coefficient (Wildman–Crippen LogP) is 4.50. The van der Waals surface area contributed by atoms with Gasteiger partial charge in [0.1, 0.15) is 24.4 Å². The molecule has 0 amide bonds. The average molecular weight is 433 g/mol. The van der Waals surface area contributed by atoms with Crippen LogP contribution in [0, 0.1) is 0 Å². The molecule has 0 saturated carbocycles. The summed E-state index contributed by atoms with van der Waals surface area (Å²) in [7, 11) is 0. The van der Waals surface area contributed by atoms with E-state index in [1.807, 2.05) is 54.6 Å². The van der Waals surface area contributed by atoms with Crippen molar-refractivity contribution in [2.45, 2.75) is 50.5 Å². The Kier molecular flexibility index (Phi) is 6.92. The van der Waals surface area contributed by atoms with Crippen LogP contribution in [-0.4, -0.2) is 37.3 Å². The molecule has 166 valence electrons. The molecule has 3 aromatic rings. The summed E-state index contributed by atoms with van der Waals surface area (Å²) in [5, 5.41) is 0. The fourth-order valence-electron chi connectivity index (χ4n) is 4.21. The molecule has 2 heterocycles. The minimum atomic E-state index is -0.449. The summed E-state index contributed by atoms with van der Waals surface area (Å²) in [4.78, 5) is 0. The summed E-state index contributed by atoms with van der Waals surface area (Å²) >= 11 is 0. The summed E-state index contributed by atoms with van der Waals surface area (Å²) in [6.07, 6.45) is -1.35. The van der Waals surface area contributed by atoms with Crippen LogP contribution in [0.3, 0.4) is 0 Å². The average Bonchev–Trinajstić information content (AvgIpc) is 3.41. The van der Waals surface area contributed by atoms with E-state index in [0.29, 0.717) is 26.4 Å². The topological polar surface area (TPSA) is 46.2 Å². The number of ether oxygens (including phenoxy) is 5. The van der Waals surface area contributed by atoms with Crippen molar-refractivity contribution in [2.24, 2.45) is 0 Å². The third-order valence-corrected chi connectivity index (χ3v) is 5.85. The number of benzene rings is 3. The Hall–Kier alpha value is -2.54. The lowest BCUT2D eigenvalue weighted by Gasteiger charge is -2.32. The van der Waals surface area contributed by atoms with Gasteiger partial charge in [0.15, 0.2) is 6.29 Å². The fourth-order valence-corrected chi connectivity index (χ4v) is 4.21. The molecule has 0 radical (unpaired) electrons. The van der Waals surface area contributed by atoms with Crippen molar-refractivity contribution < 1.29 is 23.7 Å². The highest BCUT2D eigenvalue weighted by molar-refractivity contribution is 5.15. The summed E-state index contributed by atoms with van der Waals surface area (Å²) in [6.45, 7) is 1.98. The maximum Gasteiger partial charge on any atom is 0.187 e. The first-order chi connectivity index (χ1) is 15.9. The van der Waals surface area contributed by atoms with Crippen molar-refractivity contribution in [3.05, 3.63) is 108 Å². The molecule has 5 rings (SSSR count). The number of hydrogen-bond donors (Lipinski definition) is 0. The smallest absolute Gasteiger partial charge is 0.187 e. The van der Waals surface area contributed by atoms with E-state index in [1.165, 1.54) is 0 Å². The van der Waals surface area contributed by atoms with Gasteiger partial charge in [-0.1, -0.05) is 91.0 Å². The second-order valence-corrected chi connectivity index (χ2v) is 8.17. The lowest BCUT2D eigenvalue weighted by molar-refractivity contribution is -0.183. The van der Waals surface area contributed by atoms with Crippen molar-refractivity contribution in [1.29, 1.82) is 0 Å². The predicted molar refractivity (Wildman–Crippen MR) is 120 cm³/mol. The minimum absolute atomic E-state index is 0.180. The molecule has 2 fully saturated rings. The lowest BCUT2D eigenvalue weighted by Crippen LogP contribution is -2.49. The van der Waals surface area contributed by atoms with Crippen LogP contribution in [0.1, 0.15) is 16.7 Å². The Morgan fingerprint density at radius 1 is 0.562 bits per heavy atom. The Morgan fingerprint density at radius 2 is 1.06 bits per heavy atom. The Labute approximate surface area is 188 Å². The number of fused-ring (bicyclic) bond motifs is 2. The fraction of sp³-hybridized carbons (Fsp3) is 0.333. The molecule has 2 aliphatic rings. The van der Waals surface area contributed by atoms with Crippen LogP contribution >= 0.6 is 0 Å². The summed E-state index contributed by atoms with van der Waals surface area (Å²) in [5.41, 5.74) is 3.37. The monoisotopic (exact) mass is 432 g/mol. The second kappa shape index (κ2) is 10.4. The molecule has 0 aliphatic carbocycles. The van der Waals surface area contributed by atoms with Gasteiger partial charge < -0.3 is 23.7 Å². The van der Waals surface area contributed by atoms with Gasteiger partial charge in [-0.2, -0.15) is 0 Å². The first-order valence-electron chi connectivity index (χ1n) is 11.1. The molecule has 3 aromatic carbocycles. The molecule has 2 aliphatic heterocycles. The maximum atomic E-state index is 6.33. The Balaban J connectivity index is 1.21. The largest absolute Gasteiger partial charge is 0.374 e. The van der Waals surface area contributed by atoms with E-state index in [-0.39, 0.29) is 24.4 Å². The van der Waals surface area contributed by atoms with E-state index in [0.717, 1.165) is 16.7 Å². The van der Waals surface area contributed by atoms with Crippen LogP contribution in [0.25, 0.3) is 0 Å². The molecular weight excluding hydrogens is 404 g/mol. The van der Waals surface area contributed by atoms with Crippen molar-refractivity contribution in [1.82, 2.24) is 0 Å². The normalized spacial score (nSPS) is 26.4. The summed E-state index contributed by atoms with van der Waals surface area (Å²) < 4.78 is 30.8. The van der Waals surface area contributed by atoms with Crippen LogP contribution in [0.2, 0.25) is 0 Å². The molecule has 5 nitrogen and oxygen atoms in total. The van der Waals surface area contributed by atoms with Crippen LogP contribution in [-0.2, 0) is 43.5 Å². The molecule has 0 unspecified atom stereocenters. The van der Waals surface area contributed by atoms with Crippen LogP contribution in [0.15, 0.2) is 91.0 Å². The zero-order valence-corrected chi connectivity index (χ0v) is 17.9. The van der Waals surface area contributed by atoms with Crippen LogP contribution < -0.4 is 0 Å². The summed E-state index contributed by atoms with van der Waals surface area (Å²) in [6, 6.07) is 30.4. The third-order valence-electron chi connectivity index (χ3n) is 5.85. The first kappa shape index (κ1) is 21.3. The van der Waals surface area contributed by atoms with Crippen molar-refractivity contribution in [3.8, 4) is 0 Å². The van der Waals surface area contributed by atoms with Crippen LogP contribution in [0.5, 0.6) is 0 Å². The van der Waals surface area contributed by atoms with Gasteiger partial charge in [0.2, 0.25) is 0 Å². The second-order valence-electron chi connectivity index (χ2n) is 8.17. The molecule has 2 saturated heterocycles.